The number of alkyl halides is 3. The maximum atomic E-state index is 12.9. The minimum absolute atomic E-state index is 0.0473. The van der Waals surface area contributed by atoms with Gasteiger partial charge in [0.1, 0.15) is 0 Å². The highest BCUT2D eigenvalue weighted by Gasteiger charge is 2.38. The fraction of sp³-hybridized carbons (Fsp3) is 0.462. The van der Waals surface area contributed by atoms with E-state index in [4.69, 9.17) is 0 Å². The van der Waals surface area contributed by atoms with Crippen LogP contribution in [-0.4, -0.2) is 38.3 Å². The Morgan fingerprint density at radius 1 is 1.32 bits per heavy atom. The second-order valence-electron chi connectivity index (χ2n) is 5.10. The molecule has 0 spiro atoms. The lowest BCUT2D eigenvalue weighted by atomic mass is 10.2. The number of rotatable bonds is 5. The van der Waals surface area contributed by atoms with Gasteiger partial charge in [-0.2, -0.15) is 17.5 Å². The van der Waals surface area contributed by atoms with Gasteiger partial charge in [0.25, 0.3) is 0 Å². The highest BCUT2D eigenvalue weighted by atomic mass is 32.2. The lowest BCUT2D eigenvalue weighted by Gasteiger charge is -2.19. The first-order chi connectivity index (χ1) is 10.1. The average Bonchev–Trinajstić information content (AvgIpc) is 3.21. The quantitative estimate of drug-likeness (QED) is 0.888. The molecule has 2 rings (SSSR count). The monoisotopic (exact) mass is 336 g/mol. The van der Waals surface area contributed by atoms with Crippen LogP contribution in [0.2, 0.25) is 0 Å². The summed E-state index contributed by atoms with van der Waals surface area (Å²) < 4.78 is 64.0. The number of carbonyl (C=O) groups is 1. The van der Waals surface area contributed by atoms with Gasteiger partial charge in [-0.25, -0.2) is 8.42 Å². The molecule has 0 aliphatic heterocycles. The van der Waals surface area contributed by atoms with E-state index in [-0.39, 0.29) is 6.04 Å². The molecule has 1 aromatic carbocycles. The Morgan fingerprint density at radius 2 is 1.91 bits per heavy atom. The number of hydrogen-bond donors (Lipinski definition) is 1. The van der Waals surface area contributed by atoms with Crippen molar-refractivity contribution in [3.8, 4) is 0 Å². The molecule has 0 atom stereocenters. The summed E-state index contributed by atoms with van der Waals surface area (Å²) in [4.78, 5) is 10.8. The van der Waals surface area contributed by atoms with Gasteiger partial charge in [0, 0.05) is 13.1 Å². The molecule has 0 bridgehead atoms. The number of hydrogen-bond acceptors (Lipinski definition) is 3. The van der Waals surface area contributed by atoms with Crippen molar-refractivity contribution in [3.63, 3.8) is 0 Å². The SMILES string of the molecule is CN(CC(=O)NC1CC1)S(=O)(=O)c1ccccc1C(F)(F)F. The Hall–Kier alpha value is -1.61. The summed E-state index contributed by atoms with van der Waals surface area (Å²) in [6.45, 7) is -0.523. The van der Waals surface area contributed by atoms with Crippen LogP contribution in [-0.2, 0) is 21.0 Å². The number of sulfonamides is 1. The minimum atomic E-state index is -4.79. The van der Waals surface area contributed by atoms with Crippen LogP contribution >= 0.6 is 0 Å². The van der Waals surface area contributed by atoms with Crippen molar-refractivity contribution in [3.05, 3.63) is 29.8 Å². The van der Waals surface area contributed by atoms with E-state index >= 15 is 0 Å². The summed E-state index contributed by atoms with van der Waals surface area (Å²) in [5.74, 6) is -0.530. The molecule has 0 heterocycles. The highest BCUT2D eigenvalue weighted by molar-refractivity contribution is 7.89. The maximum Gasteiger partial charge on any atom is 0.417 e. The van der Waals surface area contributed by atoms with Gasteiger partial charge in [0.2, 0.25) is 15.9 Å². The number of amides is 1. The molecule has 1 N–H and O–H groups in total. The third-order valence-electron chi connectivity index (χ3n) is 3.19. The van der Waals surface area contributed by atoms with Crippen LogP contribution in [0.4, 0.5) is 13.2 Å². The number of carbonyl (C=O) groups excluding carboxylic acids is 1. The molecule has 0 unspecified atom stereocenters. The van der Waals surface area contributed by atoms with Crippen LogP contribution in [0.25, 0.3) is 0 Å². The van der Waals surface area contributed by atoms with Gasteiger partial charge < -0.3 is 5.32 Å². The lowest BCUT2D eigenvalue weighted by molar-refractivity contribution is -0.139. The third kappa shape index (κ3) is 3.77. The predicted octanol–water partition coefficient (Wildman–Crippen LogP) is 1.60. The van der Waals surface area contributed by atoms with Crippen LogP contribution < -0.4 is 5.32 Å². The number of halogens is 3. The molecule has 1 aromatic rings. The molecule has 0 radical (unpaired) electrons. The minimum Gasteiger partial charge on any atom is -0.352 e. The number of nitrogens with zero attached hydrogens (tertiary/aromatic N) is 1. The summed E-state index contributed by atoms with van der Waals surface area (Å²) in [5, 5.41) is 2.59. The highest BCUT2D eigenvalue weighted by Crippen LogP contribution is 2.34. The molecule has 0 aromatic heterocycles. The molecule has 1 amide bonds. The zero-order chi connectivity index (χ0) is 16.5. The van der Waals surface area contributed by atoms with E-state index in [1.165, 1.54) is 6.07 Å². The van der Waals surface area contributed by atoms with Gasteiger partial charge in [-0.15, -0.1) is 0 Å². The Labute approximate surface area is 126 Å². The van der Waals surface area contributed by atoms with E-state index in [9.17, 15) is 26.4 Å². The molecule has 0 saturated heterocycles. The molecular weight excluding hydrogens is 321 g/mol. The fourth-order valence-electron chi connectivity index (χ4n) is 1.88. The van der Waals surface area contributed by atoms with Crippen LogP contribution in [0.3, 0.4) is 0 Å². The molecule has 9 heteroatoms. The van der Waals surface area contributed by atoms with E-state index in [2.05, 4.69) is 5.32 Å². The Kier molecular flexibility index (Phi) is 4.48. The molecule has 22 heavy (non-hydrogen) atoms. The summed E-state index contributed by atoms with van der Waals surface area (Å²) in [5.41, 5.74) is -1.25. The first kappa shape index (κ1) is 16.8. The molecule has 5 nitrogen and oxygen atoms in total. The molecular formula is C13H15F3N2O3S. The zero-order valence-corrected chi connectivity index (χ0v) is 12.5. The first-order valence-electron chi connectivity index (χ1n) is 6.54. The summed E-state index contributed by atoms with van der Waals surface area (Å²) >= 11 is 0. The van der Waals surface area contributed by atoms with Gasteiger partial charge in [0.15, 0.2) is 0 Å². The van der Waals surface area contributed by atoms with E-state index in [1.807, 2.05) is 0 Å². The molecule has 122 valence electrons. The molecule has 1 aliphatic rings. The standard InChI is InChI=1S/C13H15F3N2O3S/c1-18(8-12(19)17-9-6-7-9)22(20,21)11-5-3-2-4-10(11)13(14,15)16/h2-5,9H,6-8H2,1H3,(H,17,19). The predicted molar refractivity (Wildman–Crippen MR) is 72.4 cm³/mol. The third-order valence-corrected chi connectivity index (χ3v) is 5.05. The van der Waals surface area contributed by atoms with Crippen LogP contribution in [0.5, 0.6) is 0 Å². The van der Waals surface area contributed by atoms with Crippen molar-refractivity contribution in [2.45, 2.75) is 30.0 Å². The number of nitrogens with one attached hydrogen (secondary N) is 1. The van der Waals surface area contributed by atoms with Crippen molar-refractivity contribution in [2.24, 2.45) is 0 Å². The molecule has 1 aliphatic carbocycles. The summed E-state index contributed by atoms with van der Waals surface area (Å²) in [6.07, 6.45) is -3.13. The van der Waals surface area contributed by atoms with E-state index in [0.29, 0.717) is 10.4 Å². The van der Waals surface area contributed by atoms with Crippen molar-refractivity contribution < 1.29 is 26.4 Å². The van der Waals surface area contributed by atoms with Gasteiger partial charge in [-0.3, -0.25) is 4.79 Å². The van der Waals surface area contributed by atoms with Crippen molar-refractivity contribution in [2.75, 3.05) is 13.6 Å². The van der Waals surface area contributed by atoms with Gasteiger partial charge in [0.05, 0.1) is 17.0 Å². The maximum absolute atomic E-state index is 12.9. The normalized spacial score (nSPS) is 15.9. The van der Waals surface area contributed by atoms with Gasteiger partial charge in [-0.05, 0) is 25.0 Å². The van der Waals surface area contributed by atoms with Crippen LogP contribution in [0, 0.1) is 0 Å². The van der Waals surface area contributed by atoms with Crippen LogP contribution in [0.1, 0.15) is 18.4 Å². The second-order valence-corrected chi connectivity index (χ2v) is 7.11. The zero-order valence-electron chi connectivity index (χ0n) is 11.7. The van der Waals surface area contributed by atoms with Crippen molar-refractivity contribution in [1.82, 2.24) is 9.62 Å². The first-order valence-corrected chi connectivity index (χ1v) is 7.98. The topological polar surface area (TPSA) is 66.5 Å². The van der Waals surface area contributed by atoms with E-state index in [1.54, 1.807) is 0 Å². The Bertz CT molecular complexity index is 669. The summed E-state index contributed by atoms with van der Waals surface area (Å²) in [7, 11) is -3.33. The van der Waals surface area contributed by atoms with Gasteiger partial charge >= 0.3 is 6.18 Å². The van der Waals surface area contributed by atoms with E-state index < -0.39 is 39.1 Å². The van der Waals surface area contributed by atoms with Crippen molar-refractivity contribution >= 4 is 15.9 Å². The van der Waals surface area contributed by atoms with Crippen molar-refractivity contribution in [1.29, 1.82) is 0 Å². The van der Waals surface area contributed by atoms with Gasteiger partial charge in [-0.1, -0.05) is 12.1 Å². The smallest absolute Gasteiger partial charge is 0.352 e. The molecule has 1 fully saturated rings. The second kappa shape index (κ2) is 5.88. The summed E-state index contributed by atoms with van der Waals surface area (Å²) in [6, 6.07) is 3.95. The molecule has 1 saturated carbocycles. The Morgan fingerprint density at radius 3 is 2.45 bits per heavy atom. The Balaban J connectivity index is 2.24. The number of benzene rings is 1. The largest absolute Gasteiger partial charge is 0.417 e. The fourth-order valence-corrected chi connectivity index (χ4v) is 3.22. The average molecular weight is 336 g/mol. The van der Waals surface area contributed by atoms with E-state index in [0.717, 1.165) is 32.0 Å². The van der Waals surface area contributed by atoms with Crippen LogP contribution in [0.15, 0.2) is 29.2 Å². The lowest BCUT2D eigenvalue weighted by Crippen LogP contribution is -2.39. The number of likely N-dealkylation sites (N-methyl/N-ethyl adjacent to an activating group) is 1.